The fourth-order valence-electron chi connectivity index (χ4n) is 4.65. The van der Waals surface area contributed by atoms with Crippen molar-refractivity contribution in [3.8, 4) is 5.75 Å². The zero-order chi connectivity index (χ0) is 19.9. The molecule has 1 saturated carbocycles. The topological polar surface area (TPSA) is 41.6 Å². The fourth-order valence-corrected chi connectivity index (χ4v) is 4.65. The molecule has 2 fully saturated rings. The van der Waals surface area contributed by atoms with Crippen LogP contribution < -0.4 is 10.1 Å². The zero-order valence-corrected chi connectivity index (χ0v) is 18.0. The number of hydrogen-bond donors (Lipinski definition) is 1. The first-order valence-electron chi connectivity index (χ1n) is 11.3. The number of benzene rings is 1. The van der Waals surface area contributed by atoms with E-state index in [-0.39, 0.29) is 12.5 Å². The van der Waals surface area contributed by atoms with Crippen LogP contribution >= 0.6 is 0 Å². The highest BCUT2D eigenvalue weighted by atomic mass is 16.5. The Kier molecular flexibility index (Phi) is 7.78. The molecule has 4 nitrogen and oxygen atoms in total. The van der Waals surface area contributed by atoms with Gasteiger partial charge in [0.05, 0.1) is 0 Å². The van der Waals surface area contributed by atoms with Crippen molar-refractivity contribution >= 4 is 5.91 Å². The van der Waals surface area contributed by atoms with Crippen molar-refractivity contribution in [2.75, 3.05) is 26.2 Å². The Balaban J connectivity index is 1.39. The number of nitrogens with one attached hydrogen (secondary N) is 1. The Hall–Kier alpha value is -1.55. The molecule has 0 radical (unpaired) electrons. The fraction of sp³-hybridized carbons (Fsp3) is 0.708. The van der Waals surface area contributed by atoms with E-state index in [0.717, 1.165) is 48.7 Å². The average molecular weight is 387 g/mol. The molecule has 1 saturated heterocycles. The van der Waals surface area contributed by atoms with Crippen molar-refractivity contribution in [1.29, 1.82) is 0 Å². The van der Waals surface area contributed by atoms with E-state index in [2.05, 4.69) is 43.1 Å². The number of rotatable bonds is 7. The lowest BCUT2D eigenvalue weighted by Crippen LogP contribution is -2.47. The minimum Gasteiger partial charge on any atom is -0.483 e. The summed E-state index contributed by atoms with van der Waals surface area (Å²) in [4.78, 5) is 15.0. The maximum Gasteiger partial charge on any atom is 0.258 e. The molecule has 1 N–H and O–H groups in total. The Morgan fingerprint density at radius 1 is 1.14 bits per heavy atom. The molecule has 1 heterocycles. The van der Waals surface area contributed by atoms with Crippen molar-refractivity contribution in [3.63, 3.8) is 0 Å². The van der Waals surface area contributed by atoms with Crippen LogP contribution in [-0.2, 0) is 4.79 Å². The quantitative estimate of drug-likeness (QED) is 0.741. The number of likely N-dealkylation sites (tertiary alicyclic amines) is 1. The maximum atomic E-state index is 12.4. The summed E-state index contributed by atoms with van der Waals surface area (Å²) in [7, 11) is 0. The van der Waals surface area contributed by atoms with Gasteiger partial charge >= 0.3 is 0 Å². The molecule has 0 bridgehead atoms. The van der Waals surface area contributed by atoms with Crippen LogP contribution in [0.1, 0.15) is 75.8 Å². The normalized spacial score (nSPS) is 19.7. The molecular weight excluding hydrogens is 348 g/mol. The molecule has 28 heavy (non-hydrogen) atoms. The molecule has 0 unspecified atom stereocenters. The molecular formula is C24H38N2O2. The van der Waals surface area contributed by atoms with Gasteiger partial charge in [-0.15, -0.1) is 0 Å². The van der Waals surface area contributed by atoms with E-state index in [1.54, 1.807) is 0 Å². The largest absolute Gasteiger partial charge is 0.483 e. The maximum absolute atomic E-state index is 12.4. The van der Waals surface area contributed by atoms with Gasteiger partial charge in [-0.1, -0.05) is 45.2 Å². The first kappa shape index (κ1) is 21.2. The Labute approximate surface area is 171 Å². The second kappa shape index (κ2) is 10.3. The second-order valence-corrected chi connectivity index (χ2v) is 9.13. The lowest BCUT2D eigenvalue weighted by molar-refractivity contribution is -0.124. The smallest absolute Gasteiger partial charge is 0.258 e. The molecule has 1 aromatic rings. The van der Waals surface area contributed by atoms with Crippen molar-refractivity contribution < 1.29 is 9.53 Å². The minimum absolute atomic E-state index is 0.00180. The number of carbonyl (C=O) groups is 1. The Morgan fingerprint density at radius 3 is 2.54 bits per heavy atom. The lowest BCUT2D eigenvalue weighted by atomic mass is 9.88. The van der Waals surface area contributed by atoms with Gasteiger partial charge in [-0.25, -0.2) is 0 Å². The van der Waals surface area contributed by atoms with Crippen molar-refractivity contribution in [2.24, 2.45) is 5.92 Å². The molecule has 1 amide bonds. The third-order valence-corrected chi connectivity index (χ3v) is 6.34. The van der Waals surface area contributed by atoms with Crippen molar-refractivity contribution in [1.82, 2.24) is 10.2 Å². The summed E-state index contributed by atoms with van der Waals surface area (Å²) < 4.78 is 5.88. The van der Waals surface area contributed by atoms with Gasteiger partial charge in [0.15, 0.2) is 6.61 Å². The van der Waals surface area contributed by atoms with Crippen LogP contribution in [0, 0.1) is 12.8 Å². The van der Waals surface area contributed by atoms with Gasteiger partial charge in [-0.3, -0.25) is 4.79 Å². The molecule has 156 valence electrons. The predicted octanol–water partition coefficient (Wildman–Crippen LogP) is 4.66. The van der Waals surface area contributed by atoms with Gasteiger partial charge < -0.3 is 15.0 Å². The van der Waals surface area contributed by atoms with Crippen LogP contribution in [0.2, 0.25) is 0 Å². The predicted molar refractivity (Wildman–Crippen MR) is 115 cm³/mol. The summed E-state index contributed by atoms with van der Waals surface area (Å²) in [5.41, 5.74) is 2.32. The molecule has 3 rings (SSSR count). The second-order valence-electron chi connectivity index (χ2n) is 9.13. The minimum atomic E-state index is 0.00180. The third kappa shape index (κ3) is 6.23. The highest BCUT2D eigenvalue weighted by Gasteiger charge is 2.23. The monoisotopic (exact) mass is 386 g/mol. The summed E-state index contributed by atoms with van der Waals surface area (Å²) >= 11 is 0. The van der Waals surface area contributed by atoms with E-state index in [0.29, 0.717) is 12.0 Å². The Morgan fingerprint density at radius 2 is 1.86 bits per heavy atom. The zero-order valence-electron chi connectivity index (χ0n) is 18.0. The number of nitrogens with zero attached hydrogens (tertiary/aromatic N) is 1. The number of amides is 1. The number of hydrogen-bond acceptors (Lipinski definition) is 3. The van der Waals surface area contributed by atoms with Crippen molar-refractivity contribution in [3.05, 3.63) is 29.3 Å². The third-order valence-electron chi connectivity index (χ3n) is 6.34. The van der Waals surface area contributed by atoms with Crippen LogP contribution in [0.25, 0.3) is 0 Å². The van der Waals surface area contributed by atoms with Gasteiger partial charge in [-0.05, 0) is 61.6 Å². The molecule has 4 heteroatoms. The van der Waals surface area contributed by atoms with Crippen LogP contribution in [0.3, 0.4) is 0 Å². The van der Waals surface area contributed by atoms with Gasteiger partial charge in [-0.2, -0.15) is 0 Å². The number of aryl methyl sites for hydroxylation is 1. The molecule has 1 aliphatic heterocycles. The molecule has 1 aliphatic carbocycles. The highest BCUT2D eigenvalue weighted by Crippen LogP contribution is 2.28. The van der Waals surface area contributed by atoms with E-state index in [4.69, 9.17) is 4.74 Å². The highest BCUT2D eigenvalue weighted by molar-refractivity contribution is 5.77. The first-order chi connectivity index (χ1) is 13.5. The molecule has 2 aliphatic rings. The average Bonchev–Trinajstić information content (AvgIpc) is 2.68. The Bertz CT molecular complexity index is 629. The summed E-state index contributed by atoms with van der Waals surface area (Å²) in [6.45, 7) is 9.94. The van der Waals surface area contributed by atoms with Gasteiger partial charge in [0.1, 0.15) is 5.75 Å². The number of carbonyl (C=O) groups excluding carboxylic acids is 1. The molecule has 0 spiro atoms. The van der Waals surface area contributed by atoms with E-state index < -0.39 is 0 Å². The van der Waals surface area contributed by atoms with Gasteiger partial charge in [0, 0.05) is 25.7 Å². The molecule has 0 aromatic heterocycles. The van der Waals surface area contributed by atoms with E-state index in [9.17, 15) is 4.79 Å². The van der Waals surface area contributed by atoms with Crippen LogP contribution in [0.5, 0.6) is 5.75 Å². The van der Waals surface area contributed by atoms with Gasteiger partial charge in [0.25, 0.3) is 5.91 Å². The standard InChI is InChI=1S/C24H38N2O2/c1-18(2)22-10-9-19(3)15-23(22)28-17-24(27)25-21-11-13-26(14-12-21)16-20-7-5-4-6-8-20/h9-10,15,18,20-21H,4-8,11-14,16-17H2,1-3H3,(H,25,27). The summed E-state index contributed by atoms with van der Waals surface area (Å²) in [5, 5.41) is 3.19. The summed E-state index contributed by atoms with van der Waals surface area (Å²) in [5.74, 6) is 2.12. The van der Waals surface area contributed by atoms with Crippen LogP contribution in [-0.4, -0.2) is 43.1 Å². The van der Waals surface area contributed by atoms with Crippen LogP contribution in [0.15, 0.2) is 18.2 Å². The molecule has 0 atom stereocenters. The van der Waals surface area contributed by atoms with Gasteiger partial charge in [0.2, 0.25) is 0 Å². The number of ether oxygens (including phenoxy) is 1. The van der Waals surface area contributed by atoms with Crippen molar-refractivity contribution in [2.45, 2.75) is 77.7 Å². The first-order valence-corrected chi connectivity index (χ1v) is 11.3. The lowest BCUT2D eigenvalue weighted by Gasteiger charge is -2.35. The molecule has 1 aromatic carbocycles. The van der Waals surface area contributed by atoms with E-state index in [1.807, 2.05) is 6.07 Å². The number of piperidine rings is 1. The van der Waals surface area contributed by atoms with Crippen LogP contribution in [0.4, 0.5) is 0 Å². The SMILES string of the molecule is Cc1ccc(C(C)C)c(OCC(=O)NC2CCN(CC3CCCCC3)CC2)c1. The van der Waals surface area contributed by atoms with E-state index in [1.165, 1.54) is 38.6 Å². The summed E-state index contributed by atoms with van der Waals surface area (Å²) in [6.07, 6.45) is 9.18. The summed E-state index contributed by atoms with van der Waals surface area (Å²) in [6, 6.07) is 6.53. The van der Waals surface area contributed by atoms with E-state index >= 15 is 0 Å².